The molecule has 0 aromatic heterocycles. The number of allylic oxidation sites excluding steroid dienone is 1. The van der Waals surface area contributed by atoms with E-state index in [1.165, 1.54) is 0 Å². The number of unbranched alkanes of at least 4 members (excludes halogenated alkanes) is 5. The fourth-order valence-corrected chi connectivity index (χ4v) is 1.91. The number of nitrogens with zero attached hydrogens (tertiary/aromatic N) is 1. The van der Waals surface area contributed by atoms with Gasteiger partial charge in [0.15, 0.2) is 0 Å². The Kier molecular flexibility index (Phi) is 13.2. The van der Waals surface area contributed by atoms with Crippen molar-refractivity contribution in [3.63, 3.8) is 0 Å². The molecule has 0 rings (SSSR count). The van der Waals surface area contributed by atoms with Crippen molar-refractivity contribution in [2.75, 3.05) is 26.3 Å². The van der Waals surface area contributed by atoms with Crippen molar-refractivity contribution in [2.24, 2.45) is 0 Å². The van der Waals surface area contributed by atoms with Crippen LogP contribution in [-0.4, -0.2) is 37.2 Å². The maximum atomic E-state index is 11.9. The zero-order valence-corrected chi connectivity index (χ0v) is 12.7. The van der Waals surface area contributed by atoms with E-state index in [0.29, 0.717) is 19.5 Å². The minimum Gasteiger partial charge on any atom is -0.335 e. The fourth-order valence-electron chi connectivity index (χ4n) is 1.91. The Balaban J connectivity index is 3.78. The quantitative estimate of drug-likeness (QED) is 0.425. The van der Waals surface area contributed by atoms with E-state index in [4.69, 9.17) is 0 Å². The molecule has 0 saturated carbocycles. The number of rotatable bonds is 12. The predicted octanol–water partition coefficient (Wildman–Crippen LogP) is 4.07. The van der Waals surface area contributed by atoms with Crippen LogP contribution in [0.25, 0.3) is 0 Å². The highest BCUT2D eigenvalue weighted by atomic mass is 19.1. The monoisotopic (exact) mass is 284 g/mol. The van der Waals surface area contributed by atoms with Gasteiger partial charge in [0.05, 0.1) is 6.67 Å². The summed E-state index contributed by atoms with van der Waals surface area (Å²) < 4.78 is 11.9. The predicted molar refractivity (Wildman–Crippen MR) is 83.7 cm³/mol. The number of carbonyl (C=O) groups excluding carboxylic acids is 1. The maximum Gasteiger partial charge on any atom is 0.317 e. The van der Waals surface area contributed by atoms with Crippen LogP contribution in [0.3, 0.4) is 0 Å². The van der Waals surface area contributed by atoms with Crippen molar-refractivity contribution in [2.45, 2.75) is 45.4 Å². The van der Waals surface area contributed by atoms with Crippen molar-refractivity contribution < 1.29 is 9.18 Å². The number of halogens is 1. The van der Waals surface area contributed by atoms with E-state index in [-0.39, 0.29) is 12.7 Å². The van der Waals surface area contributed by atoms with Crippen LogP contribution in [0.15, 0.2) is 24.8 Å². The molecule has 0 aliphatic carbocycles. The summed E-state index contributed by atoms with van der Waals surface area (Å²) in [5.74, 6) is 0. The van der Waals surface area contributed by atoms with Crippen LogP contribution in [0.5, 0.6) is 0 Å². The van der Waals surface area contributed by atoms with Gasteiger partial charge in [0.1, 0.15) is 0 Å². The highest BCUT2D eigenvalue weighted by Gasteiger charge is 2.09. The molecule has 0 aliphatic heterocycles. The second-order valence-corrected chi connectivity index (χ2v) is 4.80. The number of hydrogen-bond acceptors (Lipinski definition) is 1. The van der Waals surface area contributed by atoms with Gasteiger partial charge in [-0.15, -0.1) is 6.58 Å². The Morgan fingerprint density at radius 3 is 2.45 bits per heavy atom. The molecule has 3 nitrogen and oxygen atoms in total. The molecule has 116 valence electrons. The summed E-state index contributed by atoms with van der Waals surface area (Å²) in [6.45, 7) is 7.29. The molecule has 0 fully saturated rings. The SMILES string of the molecule is C=CCN(CCCCCCCCF)C(=O)NC/C=C\C. The second-order valence-electron chi connectivity index (χ2n) is 4.80. The van der Waals surface area contributed by atoms with Crippen LogP contribution in [0, 0.1) is 0 Å². The van der Waals surface area contributed by atoms with Gasteiger partial charge in [-0.3, -0.25) is 4.39 Å². The summed E-state index contributed by atoms with van der Waals surface area (Å²) in [6.07, 6.45) is 11.5. The molecule has 0 aromatic carbocycles. The molecular formula is C16H29FN2O. The van der Waals surface area contributed by atoms with Crippen molar-refractivity contribution in [3.05, 3.63) is 24.8 Å². The average Bonchev–Trinajstić information content (AvgIpc) is 2.45. The lowest BCUT2D eigenvalue weighted by atomic mass is 10.1. The Labute approximate surface area is 122 Å². The Hall–Kier alpha value is -1.32. The summed E-state index contributed by atoms with van der Waals surface area (Å²) in [5.41, 5.74) is 0. The summed E-state index contributed by atoms with van der Waals surface area (Å²) in [5, 5.41) is 2.85. The van der Waals surface area contributed by atoms with E-state index in [2.05, 4.69) is 11.9 Å². The lowest BCUT2D eigenvalue weighted by molar-refractivity contribution is 0.203. The van der Waals surface area contributed by atoms with Gasteiger partial charge in [-0.2, -0.15) is 0 Å². The number of carbonyl (C=O) groups is 1. The summed E-state index contributed by atoms with van der Waals surface area (Å²) in [4.78, 5) is 13.7. The largest absolute Gasteiger partial charge is 0.335 e. The lowest BCUT2D eigenvalue weighted by Crippen LogP contribution is -2.40. The summed E-state index contributed by atoms with van der Waals surface area (Å²) >= 11 is 0. The Morgan fingerprint density at radius 1 is 1.20 bits per heavy atom. The van der Waals surface area contributed by atoms with Crippen LogP contribution in [0.2, 0.25) is 0 Å². The van der Waals surface area contributed by atoms with Gasteiger partial charge < -0.3 is 10.2 Å². The van der Waals surface area contributed by atoms with Gasteiger partial charge in [-0.05, 0) is 19.8 Å². The first-order valence-electron chi connectivity index (χ1n) is 7.57. The van der Waals surface area contributed by atoms with E-state index in [9.17, 15) is 9.18 Å². The summed E-state index contributed by atoms with van der Waals surface area (Å²) in [7, 11) is 0. The third-order valence-electron chi connectivity index (χ3n) is 3.06. The van der Waals surface area contributed by atoms with E-state index in [1.54, 1.807) is 11.0 Å². The van der Waals surface area contributed by atoms with E-state index in [1.807, 2.05) is 19.1 Å². The molecule has 0 bridgehead atoms. The van der Waals surface area contributed by atoms with E-state index in [0.717, 1.165) is 38.6 Å². The molecule has 2 amide bonds. The number of nitrogens with one attached hydrogen (secondary N) is 1. The number of amides is 2. The number of hydrogen-bond donors (Lipinski definition) is 1. The standard InChI is InChI=1S/C16H29FN2O/c1-3-5-13-18-16(20)19(14-4-2)15-11-9-7-6-8-10-12-17/h3-5H,2,6-15H2,1H3,(H,18,20)/b5-3-. The molecule has 20 heavy (non-hydrogen) atoms. The van der Waals surface area contributed by atoms with Gasteiger partial charge >= 0.3 is 6.03 Å². The molecule has 0 atom stereocenters. The Morgan fingerprint density at radius 2 is 1.85 bits per heavy atom. The fraction of sp³-hybridized carbons (Fsp3) is 0.688. The molecule has 0 heterocycles. The highest BCUT2D eigenvalue weighted by Crippen LogP contribution is 2.06. The molecular weight excluding hydrogens is 255 g/mol. The van der Waals surface area contributed by atoms with E-state index >= 15 is 0 Å². The van der Waals surface area contributed by atoms with Crippen LogP contribution in [0.4, 0.5) is 9.18 Å². The first kappa shape index (κ1) is 18.7. The molecule has 0 aromatic rings. The smallest absolute Gasteiger partial charge is 0.317 e. The van der Waals surface area contributed by atoms with E-state index < -0.39 is 0 Å². The molecule has 0 radical (unpaired) electrons. The van der Waals surface area contributed by atoms with Gasteiger partial charge in [-0.25, -0.2) is 4.79 Å². The van der Waals surface area contributed by atoms with Crippen molar-refractivity contribution in [1.29, 1.82) is 0 Å². The van der Waals surface area contributed by atoms with Gasteiger partial charge in [-0.1, -0.05) is 43.9 Å². The van der Waals surface area contributed by atoms with Gasteiger partial charge in [0, 0.05) is 19.6 Å². The minimum absolute atomic E-state index is 0.0413. The maximum absolute atomic E-state index is 11.9. The zero-order chi connectivity index (χ0) is 15.1. The van der Waals surface area contributed by atoms with Gasteiger partial charge in [0.25, 0.3) is 0 Å². The van der Waals surface area contributed by atoms with Crippen LogP contribution in [0.1, 0.15) is 45.4 Å². The number of alkyl halides is 1. The normalized spacial score (nSPS) is 10.7. The zero-order valence-electron chi connectivity index (χ0n) is 12.7. The van der Waals surface area contributed by atoms with Crippen LogP contribution < -0.4 is 5.32 Å². The third-order valence-corrected chi connectivity index (χ3v) is 3.06. The molecule has 1 N–H and O–H groups in total. The Bertz CT molecular complexity index is 280. The molecule has 0 saturated heterocycles. The van der Waals surface area contributed by atoms with Crippen LogP contribution >= 0.6 is 0 Å². The highest BCUT2D eigenvalue weighted by molar-refractivity contribution is 5.74. The molecule has 0 unspecified atom stereocenters. The first-order valence-corrected chi connectivity index (χ1v) is 7.57. The van der Waals surface area contributed by atoms with Gasteiger partial charge in [0.2, 0.25) is 0 Å². The lowest BCUT2D eigenvalue weighted by Gasteiger charge is -2.21. The van der Waals surface area contributed by atoms with Crippen molar-refractivity contribution >= 4 is 6.03 Å². The molecule has 0 aliphatic rings. The van der Waals surface area contributed by atoms with Crippen LogP contribution in [-0.2, 0) is 0 Å². The first-order chi connectivity index (χ1) is 9.76. The third kappa shape index (κ3) is 10.6. The molecule has 0 spiro atoms. The molecule has 4 heteroatoms. The van der Waals surface area contributed by atoms with Crippen molar-refractivity contribution in [3.8, 4) is 0 Å². The number of urea groups is 1. The topological polar surface area (TPSA) is 32.3 Å². The minimum atomic E-state index is -0.209. The summed E-state index contributed by atoms with van der Waals surface area (Å²) in [6, 6.07) is -0.0413. The second kappa shape index (κ2) is 14.1. The van der Waals surface area contributed by atoms with Crippen molar-refractivity contribution in [1.82, 2.24) is 10.2 Å². The average molecular weight is 284 g/mol.